The van der Waals surface area contributed by atoms with E-state index < -0.39 is 12.0 Å². The summed E-state index contributed by atoms with van der Waals surface area (Å²) < 4.78 is 7.17. The van der Waals surface area contributed by atoms with Gasteiger partial charge < -0.3 is 20.6 Å². The summed E-state index contributed by atoms with van der Waals surface area (Å²) >= 11 is 0. The molecule has 0 bridgehead atoms. The highest BCUT2D eigenvalue weighted by Gasteiger charge is 2.20. The fourth-order valence-corrected chi connectivity index (χ4v) is 5.90. The number of hydrogen-bond acceptors (Lipinski definition) is 4. The Morgan fingerprint density at radius 3 is 2.48 bits per heavy atom. The Labute approximate surface area is 252 Å². The van der Waals surface area contributed by atoms with Gasteiger partial charge in [-0.2, -0.15) is 0 Å². The first-order valence-corrected chi connectivity index (χ1v) is 14.1. The van der Waals surface area contributed by atoms with Crippen LogP contribution in [0.1, 0.15) is 21.5 Å². The van der Waals surface area contributed by atoms with Gasteiger partial charge in [-0.25, -0.2) is 4.79 Å². The van der Waals surface area contributed by atoms with Gasteiger partial charge in [-0.1, -0.05) is 72.8 Å². The largest absolute Gasteiger partial charge is 0.494 e. The third kappa shape index (κ3) is 4.59. The van der Waals surface area contributed by atoms with Crippen LogP contribution in [-0.4, -0.2) is 26.7 Å². The molecule has 0 aliphatic rings. The van der Waals surface area contributed by atoms with Crippen molar-refractivity contribution in [1.82, 2.24) is 9.55 Å². The molecular weight excluding hydrogens is 552 g/mol. The van der Waals surface area contributed by atoms with E-state index in [1.165, 1.54) is 0 Å². The van der Waals surface area contributed by atoms with Gasteiger partial charge >= 0.3 is 6.09 Å². The zero-order valence-electron chi connectivity index (χ0n) is 23.8. The van der Waals surface area contributed by atoms with Gasteiger partial charge in [-0.3, -0.25) is 14.7 Å². The van der Waals surface area contributed by atoms with Gasteiger partial charge in [0, 0.05) is 38.9 Å². The average molecular weight is 581 g/mol. The van der Waals surface area contributed by atoms with Crippen molar-refractivity contribution in [2.24, 2.45) is 5.73 Å². The van der Waals surface area contributed by atoms with Crippen molar-refractivity contribution in [2.45, 2.75) is 13.5 Å². The number of hydrogen-bond donors (Lipinski definition) is 4. The summed E-state index contributed by atoms with van der Waals surface area (Å²) in [6, 6.07) is 32.2. The van der Waals surface area contributed by atoms with E-state index in [0.717, 1.165) is 55.0 Å². The quantitative estimate of drug-likeness (QED) is 0.160. The lowest BCUT2D eigenvalue weighted by Crippen LogP contribution is -2.13. The van der Waals surface area contributed by atoms with Gasteiger partial charge in [0.25, 0.3) is 5.91 Å². The van der Waals surface area contributed by atoms with E-state index in [4.69, 9.17) is 10.5 Å². The molecule has 0 atom stereocenters. The minimum absolute atomic E-state index is 0.155. The SMILES string of the molecule is Cc1c(-c2ccc(C(N)=O)c3[nH]c4cc(NC(=O)OCc5ccccc5)ccc4c23)cccc1-n1cc2ccccc2c1O. The number of carbonyl (C=O) groups excluding carboxylic acids is 2. The van der Waals surface area contributed by atoms with E-state index in [1.54, 1.807) is 22.8 Å². The lowest BCUT2D eigenvalue weighted by atomic mass is 9.93. The second-order valence-corrected chi connectivity index (χ2v) is 10.7. The monoisotopic (exact) mass is 580 g/mol. The molecule has 0 aliphatic heterocycles. The fourth-order valence-electron chi connectivity index (χ4n) is 5.90. The molecule has 2 amide bonds. The summed E-state index contributed by atoms with van der Waals surface area (Å²) in [4.78, 5) is 28.4. The second kappa shape index (κ2) is 10.7. The van der Waals surface area contributed by atoms with Crippen LogP contribution in [0.5, 0.6) is 5.88 Å². The van der Waals surface area contributed by atoms with Gasteiger partial charge in [0.15, 0.2) is 0 Å². The lowest BCUT2D eigenvalue weighted by Gasteiger charge is -2.15. The average Bonchev–Trinajstić information content (AvgIpc) is 3.58. The number of anilines is 1. The first-order valence-electron chi connectivity index (χ1n) is 14.1. The topological polar surface area (TPSA) is 122 Å². The maximum Gasteiger partial charge on any atom is 0.411 e. The highest BCUT2D eigenvalue weighted by molar-refractivity contribution is 6.20. The number of amides is 2. The van der Waals surface area contributed by atoms with E-state index in [-0.39, 0.29) is 12.5 Å². The maximum atomic E-state index is 12.5. The third-order valence-corrected chi connectivity index (χ3v) is 8.03. The Morgan fingerprint density at radius 2 is 1.68 bits per heavy atom. The Balaban J connectivity index is 1.30. The van der Waals surface area contributed by atoms with Crippen LogP contribution in [-0.2, 0) is 11.3 Å². The summed E-state index contributed by atoms with van der Waals surface area (Å²) in [6.45, 7) is 2.17. The van der Waals surface area contributed by atoms with E-state index in [1.807, 2.05) is 98.0 Å². The number of nitrogens with zero attached hydrogens (tertiary/aromatic N) is 1. The molecule has 0 aliphatic carbocycles. The number of aromatic hydroxyl groups is 1. The van der Waals surface area contributed by atoms with Crippen LogP contribution in [0.15, 0.2) is 109 Å². The Hall–Kier alpha value is -6.02. The highest BCUT2D eigenvalue weighted by Crippen LogP contribution is 2.40. The number of fused-ring (bicyclic) bond motifs is 4. The van der Waals surface area contributed by atoms with Gasteiger partial charge in [-0.05, 0) is 59.5 Å². The van der Waals surface area contributed by atoms with Crippen molar-refractivity contribution in [1.29, 1.82) is 0 Å². The van der Waals surface area contributed by atoms with Gasteiger partial charge in [0.05, 0.1) is 16.8 Å². The van der Waals surface area contributed by atoms with Gasteiger partial charge in [-0.15, -0.1) is 0 Å². The number of nitrogens with two attached hydrogens (primary N) is 1. The van der Waals surface area contributed by atoms with E-state index in [2.05, 4.69) is 10.3 Å². The van der Waals surface area contributed by atoms with Crippen LogP contribution in [0.4, 0.5) is 10.5 Å². The summed E-state index contributed by atoms with van der Waals surface area (Å²) in [6.07, 6.45) is 1.35. The normalized spacial score (nSPS) is 11.3. The Bertz CT molecular complexity index is 2230. The molecule has 7 aromatic rings. The molecule has 5 aromatic carbocycles. The number of benzene rings is 5. The zero-order valence-corrected chi connectivity index (χ0v) is 23.8. The molecule has 0 saturated carbocycles. The first kappa shape index (κ1) is 26.9. The molecule has 2 aromatic heterocycles. The predicted octanol–water partition coefficient (Wildman–Crippen LogP) is 7.79. The molecule has 0 unspecified atom stereocenters. The summed E-state index contributed by atoms with van der Waals surface area (Å²) in [5.41, 5.74) is 12.5. The maximum absolute atomic E-state index is 12.5. The van der Waals surface area contributed by atoms with E-state index >= 15 is 0 Å². The molecule has 8 heteroatoms. The van der Waals surface area contributed by atoms with Crippen LogP contribution in [0.25, 0.3) is 49.4 Å². The number of nitrogens with one attached hydrogen (secondary N) is 2. The van der Waals surface area contributed by atoms with Crippen LogP contribution in [0.2, 0.25) is 0 Å². The van der Waals surface area contributed by atoms with Crippen molar-refractivity contribution in [3.63, 3.8) is 0 Å². The zero-order chi connectivity index (χ0) is 30.4. The molecule has 0 radical (unpaired) electrons. The van der Waals surface area contributed by atoms with Crippen molar-refractivity contribution < 1.29 is 19.4 Å². The minimum Gasteiger partial charge on any atom is -0.494 e. The number of H-pyrrole nitrogens is 1. The molecule has 5 N–H and O–H groups in total. The molecule has 0 spiro atoms. The molecule has 8 nitrogen and oxygen atoms in total. The summed E-state index contributed by atoms with van der Waals surface area (Å²) in [5, 5.41) is 17.2. The number of aromatic amines is 1. The molecule has 0 saturated heterocycles. The van der Waals surface area contributed by atoms with Crippen molar-refractivity contribution in [3.05, 3.63) is 126 Å². The van der Waals surface area contributed by atoms with E-state index in [9.17, 15) is 14.7 Å². The van der Waals surface area contributed by atoms with Crippen LogP contribution in [0.3, 0.4) is 0 Å². The summed E-state index contributed by atoms with van der Waals surface area (Å²) in [5.74, 6) is -0.380. The van der Waals surface area contributed by atoms with Crippen LogP contribution in [0, 0.1) is 6.92 Å². The molecule has 0 fully saturated rings. The first-order chi connectivity index (χ1) is 21.4. The van der Waals surface area contributed by atoms with E-state index in [0.29, 0.717) is 16.8 Å². The van der Waals surface area contributed by atoms with Crippen LogP contribution >= 0.6 is 0 Å². The molecule has 216 valence electrons. The van der Waals surface area contributed by atoms with Gasteiger partial charge in [0.2, 0.25) is 5.88 Å². The second-order valence-electron chi connectivity index (χ2n) is 10.7. The Kier molecular flexibility index (Phi) is 6.51. The smallest absolute Gasteiger partial charge is 0.411 e. The molecular formula is C36H28N4O4. The fraction of sp³-hybridized carbons (Fsp3) is 0.0556. The van der Waals surface area contributed by atoms with Gasteiger partial charge in [0.1, 0.15) is 6.61 Å². The molecule has 44 heavy (non-hydrogen) atoms. The number of aromatic nitrogens is 2. The Morgan fingerprint density at radius 1 is 0.886 bits per heavy atom. The summed E-state index contributed by atoms with van der Waals surface area (Å²) in [7, 11) is 0. The van der Waals surface area contributed by atoms with Crippen LogP contribution < -0.4 is 11.1 Å². The highest BCUT2D eigenvalue weighted by atomic mass is 16.5. The predicted molar refractivity (Wildman–Crippen MR) is 173 cm³/mol. The number of primary amides is 1. The van der Waals surface area contributed by atoms with Crippen molar-refractivity contribution in [3.8, 4) is 22.7 Å². The minimum atomic E-state index is -0.573. The lowest BCUT2D eigenvalue weighted by molar-refractivity contribution is 0.100. The molecule has 7 rings (SSSR count). The van der Waals surface area contributed by atoms with Crippen molar-refractivity contribution >= 4 is 50.3 Å². The number of ether oxygens (including phenoxy) is 1. The third-order valence-electron chi connectivity index (χ3n) is 8.03. The number of carbonyl (C=O) groups is 2. The standard InChI is InChI=1S/C36H28N4O4/c1-21-25(12-7-13-31(21)40-19-23-10-5-6-11-26(23)35(40)42)27-16-17-29(34(37)41)33-32(27)28-15-14-24(18-30(28)39-33)38-36(43)44-20-22-8-3-2-4-9-22/h2-19,39,42H,20H2,1H3,(H2,37,41)(H,38,43). The number of rotatable bonds is 6. The molecule has 2 heterocycles. The van der Waals surface area contributed by atoms with Crippen molar-refractivity contribution in [2.75, 3.05) is 5.32 Å².